The Bertz CT molecular complexity index is 1210. The van der Waals surface area contributed by atoms with Crippen molar-refractivity contribution in [1.82, 2.24) is 5.32 Å². The minimum atomic E-state index is -0.665. The first-order valence-corrected chi connectivity index (χ1v) is 29.8. The Morgan fingerprint density at radius 1 is 0.368 bits per heavy atom. The third-order valence-corrected chi connectivity index (χ3v) is 13.4. The molecule has 0 saturated heterocycles. The maximum Gasteiger partial charge on any atom is 0.220 e. The molecule has 68 heavy (non-hydrogen) atoms. The van der Waals surface area contributed by atoms with E-state index in [1.807, 2.05) is 0 Å². The van der Waals surface area contributed by atoms with Gasteiger partial charge in [-0.3, -0.25) is 4.79 Å². The Hall–Kier alpha value is -2.43. The van der Waals surface area contributed by atoms with Crippen molar-refractivity contribution < 1.29 is 15.0 Å². The highest BCUT2D eigenvalue weighted by atomic mass is 16.3. The van der Waals surface area contributed by atoms with E-state index in [1.165, 1.54) is 199 Å². The third kappa shape index (κ3) is 54.5. The van der Waals surface area contributed by atoms with Gasteiger partial charge in [-0.1, -0.05) is 304 Å². The molecule has 0 fully saturated rings. The standard InChI is InChI=1S/C64H115NO3/c1-3-5-7-9-11-13-15-17-19-21-23-25-26-27-28-29-30-31-32-33-34-35-36-37-38-40-42-44-46-48-50-52-54-56-58-60-64(68)65-62(61-66)63(67)59-57-55-53-51-49-47-45-43-41-39-24-22-20-18-16-14-12-10-8-6-4-2/h5,7,11,13,17,19,23,25,27-28,30-31,33-34,62-63,66-67H,3-4,6,8-10,12,14-16,18,20-22,24,26,29,32,35-61H2,1-2H3,(H,65,68)/b7-5-,13-11-,19-17-,25-23-,28-27-,31-30-,34-33-. The maximum atomic E-state index is 12.5. The zero-order valence-electron chi connectivity index (χ0n) is 45.4. The summed E-state index contributed by atoms with van der Waals surface area (Å²) in [6, 6.07) is -0.542. The second-order valence-corrected chi connectivity index (χ2v) is 20.0. The lowest BCUT2D eigenvalue weighted by atomic mass is 10.0. The maximum absolute atomic E-state index is 12.5. The van der Waals surface area contributed by atoms with Crippen LogP contribution in [0.25, 0.3) is 0 Å². The van der Waals surface area contributed by atoms with E-state index in [0.29, 0.717) is 12.8 Å². The van der Waals surface area contributed by atoms with E-state index in [1.54, 1.807) is 0 Å². The van der Waals surface area contributed by atoms with Crippen molar-refractivity contribution in [2.75, 3.05) is 6.61 Å². The van der Waals surface area contributed by atoms with Crippen LogP contribution in [-0.2, 0) is 4.79 Å². The molecule has 2 unspecified atom stereocenters. The highest BCUT2D eigenvalue weighted by Crippen LogP contribution is 2.17. The second kappa shape index (κ2) is 58.9. The summed E-state index contributed by atoms with van der Waals surface area (Å²) in [6.07, 6.45) is 85.8. The molecule has 0 aliphatic rings. The quantitative estimate of drug-likeness (QED) is 0.0420. The molecule has 394 valence electrons. The van der Waals surface area contributed by atoms with Crippen LogP contribution >= 0.6 is 0 Å². The fourth-order valence-electron chi connectivity index (χ4n) is 8.93. The number of amides is 1. The van der Waals surface area contributed by atoms with Gasteiger partial charge in [0.2, 0.25) is 5.91 Å². The minimum Gasteiger partial charge on any atom is -0.394 e. The molecule has 0 aliphatic heterocycles. The SMILES string of the molecule is CC/C=C\C/C=C\C/C=C\C/C=C\C/C=C\C/C=C\C/C=C\CCCCCCCCCCCCCCCC(=O)NC(CO)C(O)CCCCCCCCCCCCCCCCCCCCCCC. The van der Waals surface area contributed by atoms with Crippen molar-refractivity contribution in [1.29, 1.82) is 0 Å². The van der Waals surface area contributed by atoms with Crippen molar-refractivity contribution >= 4 is 5.91 Å². The van der Waals surface area contributed by atoms with Gasteiger partial charge in [-0.05, 0) is 70.6 Å². The predicted molar refractivity (Wildman–Crippen MR) is 303 cm³/mol. The molecule has 0 saturated carbocycles. The lowest BCUT2D eigenvalue weighted by Crippen LogP contribution is -2.45. The van der Waals surface area contributed by atoms with Gasteiger partial charge in [0.15, 0.2) is 0 Å². The van der Waals surface area contributed by atoms with Crippen LogP contribution in [0, 0.1) is 0 Å². The van der Waals surface area contributed by atoms with Gasteiger partial charge in [0.1, 0.15) is 0 Å². The van der Waals surface area contributed by atoms with Gasteiger partial charge in [-0.15, -0.1) is 0 Å². The topological polar surface area (TPSA) is 69.6 Å². The fourth-order valence-corrected chi connectivity index (χ4v) is 8.93. The Labute approximate surface area is 424 Å². The molecular weight excluding hydrogens is 831 g/mol. The van der Waals surface area contributed by atoms with Crippen LogP contribution in [0.15, 0.2) is 85.1 Å². The monoisotopic (exact) mass is 946 g/mol. The molecule has 0 spiro atoms. The first-order valence-electron chi connectivity index (χ1n) is 29.8. The highest BCUT2D eigenvalue weighted by Gasteiger charge is 2.20. The van der Waals surface area contributed by atoms with E-state index < -0.39 is 12.1 Å². The third-order valence-electron chi connectivity index (χ3n) is 13.4. The lowest BCUT2D eigenvalue weighted by Gasteiger charge is -2.22. The molecule has 0 aromatic carbocycles. The Balaban J connectivity index is 3.50. The first-order chi connectivity index (χ1) is 33.7. The van der Waals surface area contributed by atoms with Crippen molar-refractivity contribution in [2.45, 2.75) is 309 Å². The summed E-state index contributed by atoms with van der Waals surface area (Å²) in [5, 5.41) is 23.4. The average molecular weight is 947 g/mol. The summed E-state index contributed by atoms with van der Waals surface area (Å²) in [4.78, 5) is 12.5. The smallest absolute Gasteiger partial charge is 0.220 e. The van der Waals surface area contributed by atoms with E-state index in [2.05, 4.69) is 104 Å². The zero-order chi connectivity index (χ0) is 49.2. The molecule has 0 radical (unpaired) electrons. The van der Waals surface area contributed by atoms with E-state index in [9.17, 15) is 15.0 Å². The molecule has 4 nitrogen and oxygen atoms in total. The number of carbonyl (C=O) groups excluding carboxylic acids is 1. The molecule has 0 aromatic rings. The summed E-state index contributed by atoms with van der Waals surface area (Å²) < 4.78 is 0. The van der Waals surface area contributed by atoms with Gasteiger partial charge in [-0.2, -0.15) is 0 Å². The molecule has 0 aromatic heterocycles. The van der Waals surface area contributed by atoms with Gasteiger partial charge in [0.25, 0.3) is 0 Å². The van der Waals surface area contributed by atoms with E-state index in [4.69, 9.17) is 0 Å². The van der Waals surface area contributed by atoms with Crippen molar-refractivity contribution in [3.8, 4) is 0 Å². The summed E-state index contributed by atoms with van der Waals surface area (Å²) >= 11 is 0. The number of nitrogens with one attached hydrogen (secondary N) is 1. The van der Waals surface area contributed by atoms with Gasteiger partial charge in [-0.25, -0.2) is 0 Å². The summed E-state index contributed by atoms with van der Waals surface area (Å²) in [5.74, 6) is -0.0322. The number of carbonyl (C=O) groups is 1. The molecule has 3 N–H and O–H groups in total. The molecule has 0 rings (SSSR count). The lowest BCUT2D eigenvalue weighted by molar-refractivity contribution is -0.123. The van der Waals surface area contributed by atoms with Crippen LogP contribution in [-0.4, -0.2) is 34.9 Å². The summed E-state index contributed by atoms with van der Waals surface area (Å²) in [5.41, 5.74) is 0. The normalized spacial score (nSPS) is 13.4. The Morgan fingerprint density at radius 3 is 0.971 bits per heavy atom. The average Bonchev–Trinajstić information content (AvgIpc) is 3.34. The van der Waals surface area contributed by atoms with Gasteiger partial charge in [0.05, 0.1) is 18.8 Å². The van der Waals surface area contributed by atoms with Gasteiger partial charge in [0, 0.05) is 6.42 Å². The number of hydrogen-bond acceptors (Lipinski definition) is 3. The zero-order valence-corrected chi connectivity index (χ0v) is 45.4. The Morgan fingerprint density at radius 2 is 0.647 bits per heavy atom. The largest absolute Gasteiger partial charge is 0.394 e. The number of unbranched alkanes of at least 4 members (excludes halogenated alkanes) is 33. The number of allylic oxidation sites excluding steroid dienone is 14. The van der Waals surface area contributed by atoms with Crippen molar-refractivity contribution in [3.63, 3.8) is 0 Å². The molecule has 0 heterocycles. The van der Waals surface area contributed by atoms with Crippen LogP contribution in [0.1, 0.15) is 296 Å². The molecular formula is C64H115NO3. The van der Waals surface area contributed by atoms with Crippen LogP contribution in [0.4, 0.5) is 0 Å². The predicted octanol–water partition coefficient (Wildman–Crippen LogP) is 19.9. The second-order valence-electron chi connectivity index (χ2n) is 20.0. The van der Waals surface area contributed by atoms with Gasteiger partial charge < -0.3 is 15.5 Å². The first kappa shape index (κ1) is 65.6. The molecule has 0 aliphatic carbocycles. The Kier molecular flexibility index (Phi) is 56.8. The number of aliphatic hydroxyl groups excluding tert-OH is 2. The van der Waals surface area contributed by atoms with Gasteiger partial charge >= 0.3 is 0 Å². The molecule has 2 atom stereocenters. The molecule has 0 bridgehead atoms. The minimum absolute atomic E-state index is 0.0322. The van der Waals surface area contributed by atoms with Crippen molar-refractivity contribution in [2.24, 2.45) is 0 Å². The number of aliphatic hydroxyl groups is 2. The number of hydrogen-bond donors (Lipinski definition) is 3. The molecule has 4 heteroatoms. The van der Waals surface area contributed by atoms with Crippen LogP contribution in [0.3, 0.4) is 0 Å². The van der Waals surface area contributed by atoms with Crippen LogP contribution in [0.5, 0.6) is 0 Å². The van der Waals surface area contributed by atoms with E-state index in [-0.39, 0.29) is 12.5 Å². The summed E-state index contributed by atoms with van der Waals surface area (Å²) in [6.45, 7) is 4.26. The summed E-state index contributed by atoms with van der Waals surface area (Å²) in [7, 11) is 0. The molecule has 1 amide bonds. The van der Waals surface area contributed by atoms with Crippen LogP contribution in [0.2, 0.25) is 0 Å². The fraction of sp³-hybridized carbons (Fsp3) is 0.766. The van der Waals surface area contributed by atoms with Crippen LogP contribution < -0.4 is 5.32 Å². The number of rotatable bonds is 54. The van der Waals surface area contributed by atoms with E-state index in [0.717, 1.165) is 70.6 Å². The highest BCUT2D eigenvalue weighted by molar-refractivity contribution is 5.76. The van der Waals surface area contributed by atoms with Crippen molar-refractivity contribution in [3.05, 3.63) is 85.1 Å². The van der Waals surface area contributed by atoms with E-state index >= 15 is 0 Å².